The third-order valence-corrected chi connectivity index (χ3v) is 7.82. The molecule has 2 amide bonds. The minimum atomic E-state index is -4.13. The first kappa shape index (κ1) is 32.2. The summed E-state index contributed by atoms with van der Waals surface area (Å²) in [6, 6.07) is 4.17. The highest BCUT2D eigenvalue weighted by atomic mass is 79.9. The van der Waals surface area contributed by atoms with E-state index >= 15 is 0 Å². The minimum absolute atomic E-state index is 0.0228. The maximum absolute atomic E-state index is 13.7. The van der Waals surface area contributed by atoms with Crippen molar-refractivity contribution in [1.82, 2.24) is 10.2 Å². The lowest BCUT2D eigenvalue weighted by atomic mass is 10.1. The van der Waals surface area contributed by atoms with Gasteiger partial charge in [-0.05, 0) is 64.3 Å². The highest BCUT2D eigenvalue weighted by molar-refractivity contribution is 9.10. The maximum atomic E-state index is 13.7. The van der Waals surface area contributed by atoms with Gasteiger partial charge in [0.2, 0.25) is 5.91 Å². The van der Waals surface area contributed by atoms with E-state index in [-0.39, 0.29) is 17.9 Å². The second-order valence-corrected chi connectivity index (χ2v) is 12.7. The van der Waals surface area contributed by atoms with Crippen molar-refractivity contribution in [2.45, 2.75) is 94.3 Å². The molecular formula is C26H39BrN2O8S. The third kappa shape index (κ3) is 9.96. The van der Waals surface area contributed by atoms with Crippen molar-refractivity contribution in [3.63, 3.8) is 0 Å². The second-order valence-electron chi connectivity index (χ2n) is 10.2. The molecule has 0 saturated carbocycles. The zero-order valence-corrected chi connectivity index (χ0v) is 24.8. The predicted molar refractivity (Wildman–Crippen MR) is 146 cm³/mol. The van der Waals surface area contributed by atoms with Gasteiger partial charge >= 0.3 is 6.09 Å². The van der Waals surface area contributed by atoms with E-state index in [2.05, 4.69) is 27.8 Å². The molecule has 10 nitrogen and oxygen atoms in total. The van der Waals surface area contributed by atoms with E-state index in [9.17, 15) is 23.1 Å². The molecule has 0 aromatic heterocycles. The molecule has 2 N–H and O–H groups in total. The van der Waals surface area contributed by atoms with Gasteiger partial charge in [-0.15, -0.1) is 6.58 Å². The molecule has 1 aliphatic heterocycles. The quantitative estimate of drug-likeness (QED) is 0.146. The van der Waals surface area contributed by atoms with Crippen LogP contribution in [0.1, 0.15) is 59.3 Å². The van der Waals surface area contributed by atoms with E-state index in [1.54, 1.807) is 32.9 Å². The summed E-state index contributed by atoms with van der Waals surface area (Å²) >= 11 is 3.27. The van der Waals surface area contributed by atoms with E-state index in [0.29, 0.717) is 17.3 Å². The molecule has 1 aromatic carbocycles. The van der Waals surface area contributed by atoms with Crippen molar-refractivity contribution in [1.29, 1.82) is 0 Å². The molecule has 0 bridgehead atoms. The number of amides is 2. The number of unbranched alkanes of at least 4 members (excludes halogenated alkanes) is 3. The van der Waals surface area contributed by atoms with Gasteiger partial charge in [0.05, 0.1) is 17.0 Å². The van der Waals surface area contributed by atoms with Crippen LogP contribution in [0.25, 0.3) is 0 Å². The number of ether oxygens (including phenoxy) is 2. The number of alkyl carbamates (subject to hydrolysis) is 1. The number of carbonyl (C=O) groups is 2. The lowest BCUT2D eigenvalue weighted by Gasteiger charge is -2.31. The Hall–Kier alpha value is -1.99. The fourth-order valence-corrected chi connectivity index (χ4v) is 5.48. The molecule has 2 rings (SSSR count). The number of nitrogens with zero attached hydrogens (tertiary/aromatic N) is 1. The fourth-order valence-electron chi connectivity index (χ4n) is 4.13. The van der Waals surface area contributed by atoms with Crippen LogP contribution in [0.4, 0.5) is 4.79 Å². The Morgan fingerprint density at radius 1 is 1.24 bits per heavy atom. The number of hydrogen-bond donors (Lipinski definition) is 2. The molecule has 0 radical (unpaired) electrons. The number of nitrogens with one attached hydrogen (secondary N) is 1. The van der Waals surface area contributed by atoms with Crippen molar-refractivity contribution >= 4 is 38.0 Å². The number of aliphatic hydroxyl groups excluding tert-OH is 1. The monoisotopic (exact) mass is 618 g/mol. The summed E-state index contributed by atoms with van der Waals surface area (Å²) in [6.45, 7) is 8.76. The van der Waals surface area contributed by atoms with Crippen LogP contribution in [0.5, 0.6) is 0 Å². The summed E-state index contributed by atoms with van der Waals surface area (Å²) in [5, 5.41) is 13.1. The van der Waals surface area contributed by atoms with Gasteiger partial charge in [-0.2, -0.15) is 8.42 Å². The van der Waals surface area contributed by atoms with Crippen molar-refractivity contribution in [3.05, 3.63) is 41.4 Å². The van der Waals surface area contributed by atoms with Crippen LogP contribution in [0, 0.1) is 0 Å². The summed E-state index contributed by atoms with van der Waals surface area (Å²) in [5.41, 5.74) is -0.760. The Kier molecular flexibility index (Phi) is 12.2. The van der Waals surface area contributed by atoms with Gasteiger partial charge in [0.25, 0.3) is 10.1 Å². The highest BCUT2D eigenvalue weighted by Gasteiger charge is 2.44. The van der Waals surface area contributed by atoms with E-state index < -0.39 is 52.2 Å². The third-order valence-electron chi connectivity index (χ3n) is 5.91. The molecule has 4 atom stereocenters. The summed E-state index contributed by atoms with van der Waals surface area (Å²) in [4.78, 5) is 27.5. The normalized spacial score (nSPS) is 19.6. The summed E-state index contributed by atoms with van der Waals surface area (Å²) in [7, 11) is -2.84. The largest absolute Gasteiger partial charge is 0.444 e. The predicted octanol–water partition coefficient (Wildman–Crippen LogP) is 4.12. The topological polar surface area (TPSA) is 131 Å². The zero-order valence-electron chi connectivity index (χ0n) is 22.4. The first-order chi connectivity index (χ1) is 17.8. The van der Waals surface area contributed by atoms with Gasteiger partial charge in [0.15, 0.2) is 6.29 Å². The molecule has 0 spiro atoms. The Balaban J connectivity index is 2.22. The Morgan fingerprint density at radius 2 is 1.89 bits per heavy atom. The van der Waals surface area contributed by atoms with E-state index in [0.717, 1.165) is 19.3 Å². The minimum Gasteiger partial charge on any atom is -0.444 e. The summed E-state index contributed by atoms with van der Waals surface area (Å²) in [5.74, 6) is -0.479. The van der Waals surface area contributed by atoms with Gasteiger partial charge in [-0.25, -0.2) is 4.79 Å². The lowest BCUT2D eigenvalue weighted by molar-refractivity contribution is -0.150. The van der Waals surface area contributed by atoms with E-state index in [1.165, 1.54) is 24.1 Å². The summed E-state index contributed by atoms with van der Waals surface area (Å²) in [6.07, 6.45) is 2.37. The molecule has 1 saturated heterocycles. The molecule has 1 heterocycles. The Labute approximate surface area is 234 Å². The highest BCUT2D eigenvalue weighted by Crippen LogP contribution is 2.28. The molecule has 12 heteroatoms. The number of hydrogen-bond acceptors (Lipinski definition) is 8. The SMILES string of the molecule is C=CCCCCC[C@H](NC(=O)OC(C)(C)C)C(=O)N1C[C@@H](OS(=O)(=O)c2ccc(Br)cc2)C[C@H]1C(O)OC. The summed E-state index contributed by atoms with van der Waals surface area (Å²) < 4.78 is 42.3. The number of rotatable bonds is 13. The maximum Gasteiger partial charge on any atom is 0.408 e. The molecule has 38 heavy (non-hydrogen) atoms. The second kappa shape index (κ2) is 14.4. The number of carbonyl (C=O) groups excluding carboxylic acids is 2. The van der Waals surface area contributed by atoms with Gasteiger partial charge in [0, 0.05) is 24.5 Å². The van der Waals surface area contributed by atoms with E-state index in [1.807, 2.05) is 6.08 Å². The van der Waals surface area contributed by atoms with Crippen molar-refractivity contribution < 1.29 is 36.8 Å². The molecule has 0 aliphatic carbocycles. The van der Waals surface area contributed by atoms with Crippen LogP contribution in [0.2, 0.25) is 0 Å². The lowest BCUT2D eigenvalue weighted by Crippen LogP contribution is -2.53. The first-order valence-electron chi connectivity index (χ1n) is 12.6. The average Bonchev–Trinajstić information content (AvgIpc) is 3.24. The standard InChI is InChI=1S/C26H39BrN2O8S/c1-6-7-8-9-10-11-21(28-25(32)36-26(2,3)4)23(30)29-17-19(16-22(29)24(31)35-5)37-38(33,34)20-14-12-18(27)13-15-20/h6,12-15,19,21-22,24,31H,1,7-11,16-17H2,2-5H3,(H,28,32)/t19-,21-,22-,24?/m0/s1. The number of aliphatic hydroxyl groups is 1. The molecule has 1 aliphatic rings. The van der Waals surface area contributed by atoms with Crippen LogP contribution in [-0.4, -0.2) is 74.2 Å². The van der Waals surface area contributed by atoms with Gasteiger partial charge in [0.1, 0.15) is 11.6 Å². The van der Waals surface area contributed by atoms with Gasteiger partial charge in [-0.3, -0.25) is 8.98 Å². The molecular weight excluding hydrogens is 580 g/mol. The van der Waals surface area contributed by atoms with Crippen LogP contribution in [-0.2, 0) is 28.6 Å². The van der Waals surface area contributed by atoms with Crippen LogP contribution >= 0.6 is 15.9 Å². The molecule has 1 aromatic rings. The van der Waals surface area contributed by atoms with Crippen molar-refractivity contribution in [2.75, 3.05) is 13.7 Å². The number of allylic oxidation sites excluding steroid dienone is 1. The van der Waals surface area contributed by atoms with Crippen molar-refractivity contribution in [2.24, 2.45) is 0 Å². The van der Waals surface area contributed by atoms with Crippen LogP contribution < -0.4 is 5.32 Å². The number of halogens is 1. The fraction of sp³-hybridized carbons (Fsp3) is 0.615. The Bertz CT molecular complexity index is 1040. The van der Waals surface area contributed by atoms with Gasteiger partial charge in [-0.1, -0.05) is 34.8 Å². The van der Waals surface area contributed by atoms with Crippen molar-refractivity contribution in [3.8, 4) is 0 Å². The average molecular weight is 620 g/mol. The molecule has 214 valence electrons. The smallest absolute Gasteiger partial charge is 0.408 e. The Morgan fingerprint density at radius 3 is 2.47 bits per heavy atom. The van der Waals surface area contributed by atoms with Crippen LogP contribution in [0.3, 0.4) is 0 Å². The van der Waals surface area contributed by atoms with Crippen LogP contribution in [0.15, 0.2) is 46.3 Å². The van der Waals surface area contributed by atoms with E-state index in [4.69, 9.17) is 13.7 Å². The molecule has 1 unspecified atom stereocenters. The first-order valence-corrected chi connectivity index (χ1v) is 14.8. The number of methoxy groups -OCH3 is 1. The molecule has 1 fully saturated rings. The zero-order chi connectivity index (χ0) is 28.5. The van der Waals surface area contributed by atoms with Gasteiger partial charge < -0.3 is 24.8 Å². The number of benzene rings is 1. The number of likely N-dealkylation sites (tertiary alicyclic amines) is 1.